The van der Waals surface area contributed by atoms with E-state index in [2.05, 4.69) is 15.5 Å². The van der Waals surface area contributed by atoms with E-state index in [1.165, 1.54) is 4.90 Å². The molecule has 0 radical (unpaired) electrons. The van der Waals surface area contributed by atoms with Crippen molar-refractivity contribution in [3.05, 3.63) is 47.3 Å². The molecule has 1 heterocycles. The number of anilines is 1. The number of rotatable bonds is 4. The largest absolute Gasteiger partial charge is 0.332 e. The first-order valence-electron chi connectivity index (χ1n) is 6.61. The Hall–Kier alpha value is -2.63. The quantitative estimate of drug-likeness (QED) is 0.898. The highest BCUT2D eigenvalue weighted by molar-refractivity contribution is 6.00. The van der Waals surface area contributed by atoms with Crippen molar-refractivity contribution in [3.63, 3.8) is 0 Å². The van der Waals surface area contributed by atoms with Gasteiger partial charge >= 0.3 is 0 Å². The van der Waals surface area contributed by atoms with Crippen molar-refractivity contribution in [1.82, 2.24) is 15.1 Å². The fraction of sp³-hybridized carbons (Fsp3) is 0.267. The van der Waals surface area contributed by atoms with E-state index in [1.807, 2.05) is 18.2 Å². The lowest BCUT2D eigenvalue weighted by Crippen LogP contribution is -2.35. The van der Waals surface area contributed by atoms with Gasteiger partial charge in [0.15, 0.2) is 0 Å². The van der Waals surface area contributed by atoms with E-state index >= 15 is 0 Å². The first-order chi connectivity index (χ1) is 9.99. The third-order valence-electron chi connectivity index (χ3n) is 3.13. The van der Waals surface area contributed by atoms with Crippen LogP contribution in [0.3, 0.4) is 0 Å². The smallest absolute Gasteiger partial charge is 0.257 e. The van der Waals surface area contributed by atoms with Gasteiger partial charge in [0.05, 0.1) is 17.8 Å². The van der Waals surface area contributed by atoms with Crippen molar-refractivity contribution < 1.29 is 9.59 Å². The number of nitrogens with one attached hydrogen (secondary N) is 2. The first-order valence-corrected chi connectivity index (χ1v) is 6.61. The van der Waals surface area contributed by atoms with Crippen LogP contribution in [-0.4, -0.2) is 40.5 Å². The lowest BCUT2D eigenvalue weighted by molar-refractivity contribution is -0.116. The SMILES string of the molecule is Cc1n[nH]c(C)c1C(=O)N(C)CC(=O)Nc1ccccc1. The Labute approximate surface area is 123 Å². The van der Waals surface area contributed by atoms with Crippen LogP contribution in [-0.2, 0) is 4.79 Å². The van der Waals surface area contributed by atoms with Gasteiger partial charge in [-0.3, -0.25) is 14.7 Å². The average molecular weight is 286 g/mol. The van der Waals surface area contributed by atoms with E-state index in [-0.39, 0.29) is 18.4 Å². The molecule has 0 atom stereocenters. The maximum atomic E-state index is 12.3. The molecular weight excluding hydrogens is 268 g/mol. The molecule has 6 nitrogen and oxygen atoms in total. The molecule has 0 saturated heterocycles. The molecule has 2 amide bonds. The van der Waals surface area contributed by atoms with Crippen LogP contribution in [0.5, 0.6) is 0 Å². The van der Waals surface area contributed by atoms with Gasteiger partial charge in [0.2, 0.25) is 5.91 Å². The number of likely N-dealkylation sites (N-methyl/N-ethyl adjacent to an activating group) is 1. The van der Waals surface area contributed by atoms with E-state index in [1.54, 1.807) is 33.0 Å². The number of carbonyl (C=O) groups is 2. The summed E-state index contributed by atoms with van der Waals surface area (Å²) in [4.78, 5) is 25.6. The molecule has 0 aliphatic rings. The average Bonchev–Trinajstić information content (AvgIpc) is 2.78. The van der Waals surface area contributed by atoms with Gasteiger partial charge in [-0.05, 0) is 26.0 Å². The molecule has 0 fully saturated rings. The topological polar surface area (TPSA) is 78.1 Å². The van der Waals surface area contributed by atoms with Crippen LogP contribution >= 0.6 is 0 Å². The summed E-state index contributed by atoms with van der Waals surface area (Å²) in [7, 11) is 1.60. The van der Waals surface area contributed by atoms with Gasteiger partial charge in [-0.2, -0.15) is 5.10 Å². The standard InChI is InChI=1S/C15H18N4O2/c1-10-14(11(2)18-17-10)15(21)19(3)9-13(20)16-12-7-5-4-6-8-12/h4-8H,9H2,1-3H3,(H,16,20)(H,17,18). The lowest BCUT2D eigenvalue weighted by atomic mass is 10.2. The van der Waals surface area contributed by atoms with Crippen molar-refractivity contribution in [2.45, 2.75) is 13.8 Å². The van der Waals surface area contributed by atoms with Gasteiger partial charge in [0, 0.05) is 18.4 Å². The Morgan fingerprint density at radius 2 is 1.90 bits per heavy atom. The van der Waals surface area contributed by atoms with Gasteiger partial charge in [-0.15, -0.1) is 0 Å². The van der Waals surface area contributed by atoms with E-state index in [9.17, 15) is 9.59 Å². The number of H-pyrrole nitrogens is 1. The van der Waals surface area contributed by atoms with Crippen molar-refractivity contribution >= 4 is 17.5 Å². The van der Waals surface area contributed by atoms with Crippen LogP contribution in [0.4, 0.5) is 5.69 Å². The second-order valence-corrected chi connectivity index (χ2v) is 4.88. The molecular formula is C15H18N4O2. The summed E-state index contributed by atoms with van der Waals surface area (Å²) < 4.78 is 0. The maximum Gasteiger partial charge on any atom is 0.257 e. The summed E-state index contributed by atoms with van der Waals surface area (Å²) in [5, 5.41) is 9.51. The zero-order chi connectivity index (χ0) is 15.4. The predicted molar refractivity (Wildman–Crippen MR) is 80.1 cm³/mol. The summed E-state index contributed by atoms with van der Waals surface area (Å²) in [5.41, 5.74) is 2.56. The summed E-state index contributed by atoms with van der Waals surface area (Å²) in [5.74, 6) is -0.460. The molecule has 0 aliphatic carbocycles. The summed E-state index contributed by atoms with van der Waals surface area (Å²) in [6.07, 6.45) is 0. The highest BCUT2D eigenvalue weighted by Gasteiger charge is 2.20. The minimum atomic E-state index is -0.240. The number of para-hydroxylation sites is 1. The maximum absolute atomic E-state index is 12.3. The van der Waals surface area contributed by atoms with E-state index in [4.69, 9.17) is 0 Å². The molecule has 0 unspecified atom stereocenters. The van der Waals surface area contributed by atoms with Gasteiger partial charge < -0.3 is 10.2 Å². The van der Waals surface area contributed by atoms with Crippen molar-refractivity contribution in [2.24, 2.45) is 0 Å². The summed E-state index contributed by atoms with van der Waals surface area (Å²) >= 11 is 0. The zero-order valence-electron chi connectivity index (χ0n) is 12.3. The number of aromatic amines is 1. The Bertz CT molecular complexity index is 629. The first kappa shape index (κ1) is 14.8. The van der Waals surface area contributed by atoms with Gasteiger partial charge in [-0.1, -0.05) is 18.2 Å². The second-order valence-electron chi connectivity index (χ2n) is 4.88. The summed E-state index contributed by atoms with van der Waals surface area (Å²) in [6.45, 7) is 3.53. The van der Waals surface area contributed by atoms with E-state index in [0.717, 1.165) is 0 Å². The minimum absolute atomic E-state index is 0.0161. The third kappa shape index (κ3) is 3.47. The normalized spacial score (nSPS) is 10.2. The summed E-state index contributed by atoms with van der Waals surface area (Å²) in [6, 6.07) is 9.13. The molecule has 0 aliphatic heterocycles. The molecule has 1 aromatic heterocycles. The van der Waals surface area contributed by atoms with Gasteiger partial charge in [-0.25, -0.2) is 0 Å². The Morgan fingerprint density at radius 1 is 1.24 bits per heavy atom. The molecule has 2 N–H and O–H groups in total. The predicted octanol–water partition coefficient (Wildman–Crippen LogP) is 1.74. The molecule has 0 bridgehead atoms. The molecule has 21 heavy (non-hydrogen) atoms. The third-order valence-corrected chi connectivity index (χ3v) is 3.13. The van der Waals surface area contributed by atoms with Crippen LogP contribution < -0.4 is 5.32 Å². The number of benzene rings is 1. The van der Waals surface area contributed by atoms with Crippen molar-refractivity contribution in [2.75, 3.05) is 18.9 Å². The molecule has 1 aromatic carbocycles. The number of aryl methyl sites for hydroxylation is 2. The molecule has 110 valence electrons. The van der Waals surface area contributed by atoms with Crippen LogP contribution in [0, 0.1) is 13.8 Å². The Kier molecular flexibility index (Phi) is 4.37. The van der Waals surface area contributed by atoms with Gasteiger partial charge in [0.25, 0.3) is 5.91 Å². The number of hydrogen-bond donors (Lipinski definition) is 2. The lowest BCUT2D eigenvalue weighted by Gasteiger charge is -2.17. The fourth-order valence-electron chi connectivity index (χ4n) is 2.07. The van der Waals surface area contributed by atoms with Crippen LogP contribution in [0.15, 0.2) is 30.3 Å². The highest BCUT2D eigenvalue weighted by Crippen LogP contribution is 2.12. The van der Waals surface area contributed by atoms with Gasteiger partial charge in [0.1, 0.15) is 0 Å². The van der Waals surface area contributed by atoms with Crippen LogP contribution in [0.25, 0.3) is 0 Å². The highest BCUT2D eigenvalue weighted by atomic mass is 16.2. The molecule has 0 spiro atoms. The number of nitrogens with zero attached hydrogens (tertiary/aromatic N) is 2. The molecule has 2 aromatic rings. The van der Waals surface area contributed by atoms with E-state index < -0.39 is 0 Å². The Morgan fingerprint density at radius 3 is 2.48 bits per heavy atom. The number of hydrogen-bond acceptors (Lipinski definition) is 3. The minimum Gasteiger partial charge on any atom is -0.332 e. The molecule has 0 saturated carbocycles. The van der Waals surface area contributed by atoms with Crippen molar-refractivity contribution in [1.29, 1.82) is 0 Å². The second kappa shape index (κ2) is 6.21. The van der Waals surface area contributed by atoms with Crippen molar-refractivity contribution in [3.8, 4) is 0 Å². The Balaban J connectivity index is 1.99. The number of carbonyl (C=O) groups excluding carboxylic acids is 2. The van der Waals surface area contributed by atoms with Crippen LogP contribution in [0.1, 0.15) is 21.7 Å². The molecule has 2 rings (SSSR count). The fourth-order valence-corrected chi connectivity index (χ4v) is 2.07. The van der Waals surface area contributed by atoms with Crippen LogP contribution in [0.2, 0.25) is 0 Å². The molecule has 6 heteroatoms. The zero-order valence-corrected chi connectivity index (χ0v) is 12.3. The monoisotopic (exact) mass is 286 g/mol. The number of amides is 2. The van der Waals surface area contributed by atoms with E-state index in [0.29, 0.717) is 22.6 Å². The number of aromatic nitrogens is 2.